The molecule has 2 nitrogen and oxygen atoms in total. The smallest absolute Gasteiger partial charge is 0.185 e. The highest BCUT2D eigenvalue weighted by Gasteiger charge is 2.12. The molecule has 0 aliphatic heterocycles. The highest BCUT2D eigenvalue weighted by Crippen LogP contribution is 2.22. The van der Waals surface area contributed by atoms with Crippen LogP contribution in [0.25, 0.3) is 6.08 Å². The van der Waals surface area contributed by atoms with Crippen LogP contribution in [0, 0.1) is 0 Å². The summed E-state index contributed by atoms with van der Waals surface area (Å²) in [4.78, 5) is 14.2. The third-order valence-electron chi connectivity index (χ3n) is 3.87. The second-order valence-corrected chi connectivity index (χ2v) is 7.01. The van der Waals surface area contributed by atoms with E-state index >= 15 is 0 Å². The number of carbonyl (C=O) groups is 1. The highest BCUT2D eigenvalue weighted by molar-refractivity contribution is 6.06. The van der Waals surface area contributed by atoms with Crippen LogP contribution in [0.5, 0.6) is 0 Å². The number of allylic oxidation sites excluding steroid dienone is 1. The maximum Gasteiger partial charge on any atom is 0.185 e. The molecule has 0 aliphatic rings. The molecule has 0 aliphatic carbocycles. The van der Waals surface area contributed by atoms with E-state index in [1.807, 2.05) is 49.3 Å². The van der Waals surface area contributed by atoms with Gasteiger partial charge in [0, 0.05) is 25.3 Å². The summed E-state index contributed by atoms with van der Waals surface area (Å²) < 4.78 is 0. The van der Waals surface area contributed by atoms with Crippen LogP contribution >= 0.6 is 0 Å². The van der Waals surface area contributed by atoms with E-state index in [1.165, 1.54) is 5.56 Å². The number of hydrogen-bond donors (Lipinski definition) is 0. The fraction of sp³-hybridized carbons (Fsp3) is 0.286. The van der Waals surface area contributed by atoms with E-state index in [-0.39, 0.29) is 11.2 Å². The fourth-order valence-electron chi connectivity index (χ4n) is 2.29. The van der Waals surface area contributed by atoms with E-state index in [0.29, 0.717) is 5.56 Å². The van der Waals surface area contributed by atoms with Gasteiger partial charge < -0.3 is 4.90 Å². The molecule has 0 fully saturated rings. The van der Waals surface area contributed by atoms with Gasteiger partial charge in [-0.15, -0.1) is 0 Å². The number of hydrogen-bond acceptors (Lipinski definition) is 2. The van der Waals surface area contributed by atoms with Gasteiger partial charge in [-0.05, 0) is 46.9 Å². The maximum absolute atomic E-state index is 12.2. The van der Waals surface area contributed by atoms with Crippen LogP contribution in [0.3, 0.4) is 0 Å². The summed E-state index contributed by atoms with van der Waals surface area (Å²) in [5, 5.41) is 0. The largest absolute Gasteiger partial charge is 0.378 e. The van der Waals surface area contributed by atoms with Crippen LogP contribution in [0.1, 0.15) is 42.3 Å². The predicted octanol–water partition coefficient (Wildman–Crippen LogP) is 4.95. The molecule has 0 heterocycles. The molecule has 0 amide bonds. The number of ketones is 1. The van der Waals surface area contributed by atoms with Crippen molar-refractivity contribution < 1.29 is 4.79 Å². The topological polar surface area (TPSA) is 20.3 Å². The Morgan fingerprint density at radius 1 is 0.913 bits per heavy atom. The minimum Gasteiger partial charge on any atom is -0.378 e. The number of nitrogens with zero attached hydrogens (tertiary/aromatic N) is 1. The predicted molar refractivity (Wildman–Crippen MR) is 99.3 cm³/mol. The van der Waals surface area contributed by atoms with E-state index in [9.17, 15) is 4.79 Å². The zero-order valence-corrected chi connectivity index (χ0v) is 14.6. The first-order valence-corrected chi connectivity index (χ1v) is 7.88. The molecular weight excluding hydrogens is 282 g/mol. The lowest BCUT2D eigenvalue weighted by Gasteiger charge is -2.18. The van der Waals surface area contributed by atoms with Crippen molar-refractivity contribution in [2.45, 2.75) is 26.2 Å². The van der Waals surface area contributed by atoms with Crippen molar-refractivity contribution in [3.05, 3.63) is 71.3 Å². The summed E-state index contributed by atoms with van der Waals surface area (Å²) in [6.45, 7) is 6.58. The van der Waals surface area contributed by atoms with Crippen LogP contribution in [-0.2, 0) is 5.41 Å². The number of carbonyl (C=O) groups excluding carboxylic acids is 1. The second kappa shape index (κ2) is 6.82. The Labute approximate surface area is 139 Å². The first-order chi connectivity index (χ1) is 10.8. The minimum atomic E-state index is 0.0233. The summed E-state index contributed by atoms with van der Waals surface area (Å²) in [5.74, 6) is 0.0233. The van der Waals surface area contributed by atoms with Gasteiger partial charge >= 0.3 is 0 Å². The number of benzene rings is 2. The lowest BCUT2D eigenvalue weighted by Crippen LogP contribution is -2.10. The molecule has 0 atom stereocenters. The zero-order valence-electron chi connectivity index (χ0n) is 14.6. The van der Waals surface area contributed by atoms with Gasteiger partial charge in [-0.1, -0.05) is 51.1 Å². The third-order valence-corrected chi connectivity index (χ3v) is 3.87. The molecule has 2 aromatic carbocycles. The number of rotatable bonds is 4. The summed E-state index contributed by atoms with van der Waals surface area (Å²) in [7, 11) is 3.97. The summed E-state index contributed by atoms with van der Waals surface area (Å²) in [6.07, 6.45) is 3.51. The van der Waals surface area contributed by atoms with E-state index in [1.54, 1.807) is 6.08 Å². The van der Waals surface area contributed by atoms with Gasteiger partial charge in [0.1, 0.15) is 0 Å². The monoisotopic (exact) mass is 307 g/mol. The van der Waals surface area contributed by atoms with E-state index < -0.39 is 0 Å². The molecule has 0 radical (unpaired) electrons. The lowest BCUT2D eigenvalue weighted by atomic mass is 9.87. The average Bonchev–Trinajstić information content (AvgIpc) is 2.52. The van der Waals surface area contributed by atoms with Crippen LogP contribution in [0.15, 0.2) is 54.6 Å². The molecule has 0 aromatic heterocycles. The number of anilines is 1. The Hall–Kier alpha value is -2.35. The van der Waals surface area contributed by atoms with Gasteiger partial charge in [0.15, 0.2) is 5.78 Å². The van der Waals surface area contributed by atoms with Crippen molar-refractivity contribution in [2.24, 2.45) is 0 Å². The van der Waals surface area contributed by atoms with Crippen LogP contribution in [0.4, 0.5) is 5.69 Å². The first kappa shape index (κ1) is 17.0. The normalized spacial score (nSPS) is 11.7. The van der Waals surface area contributed by atoms with Gasteiger partial charge in [0.05, 0.1) is 0 Å². The van der Waals surface area contributed by atoms with Crippen molar-refractivity contribution in [3.8, 4) is 0 Å². The molecular formula is C21H25NO. The molecule has 0 unspecified atom stereocenters. The van der Waals surface area contributed by atoms with Crippen LogP contribution in [-0.4, -0.2) is 19.9 Å². The summed E-state index contributed by atoms with van der Waals surface area (Å²) in [6, 6.07) is 16.0. The summed E-state index contributed by atoms with van der Waals surface area (Å²) in [5.41, 5.74) is 4.27. The zero-order chi connectivity index (χ0) is 17.0. The molecule has 2 heteroatoms. The van der Waals surface area contributed by atoms with Crippen LogP contribution < -0.4 is 4.90 Å². The Morgan fingerprint density at radius 3 is 1.96 bits per heavy atom. The third kappa shape index (κ3) is 4.56. The van der Waals surface area contributed by atoms with E-state index in [0.717, 1.165) is 11.3 Å². The first-order valence-electron chi connectivity index (χ1n) is 7.88. The van der Waals surface area contributed by atoms with Crippen molar-refractivity contribution >= 4 is 17.5 Å². The molecule has 0 spiro atoms. The minimum absolute atomic E-state index is 0.0233. The molecule has 0 N–H and O–H groups in total. The molecule has 120 valence electrons. The Kier molecular flexibility index (Phi) is 5.05. The van der Waals surface area contributed by atoms with E-state index in [4.69, 9.17) is 0 Å². The quantitative estimate of drug-likeness (QED) is 0.588. The van der Waals surface area contributed by atoms with Gasteiger partial charge in [-0.2, -0.15) is 0 Å². The van der Waals surface area contributed by atoms with Crippen molar-refractivity contribution in [2.75, 3.05) is 19.0 Å². The Morgan fingerprint density at radius 2 is 1.48 bits per heavy atom. The average molecular weight is 307 g/mol. The van der Waals surface area contributed by atoms with Crippen LogP contribution in [0.2, 0.25) is 0 Å². The molecule has 2 rings (SSSR count). The Bertz CT molecular complexity index is 686. The van der Waals surface area contributed by atoms with Gasteiger partial charge in [0.2, 0.25) is 0 Å². The molecule has 0 saturated carbocycles. The Balaban J connectivity index is 2.08. The van der Waals surface area contributed by atoms with Gasteiger partial charge in [-0.3, -0.25) is 4.79 Å². The molecule has 2 aromatic rings. The summed E-state index contributed by atoms with van der Waals surface area (Å²) >= 11 is 0. The lowest BCUT2D eigenvalue weighted by molar-refractivity contribution is 0.104. The fourth-order valence-corrected chi connectivity index (χ4v) is 2.29. The molecule has 23 heavy (non-hydrogen) atoms. The van der Waals surface area contributed by atoms with Crippen molar-refractivity contribution in [1.29, 1.82) is 0 Å². The van der Waals surface area contributed by atoms with Crippen molar-refractivity contribution in [3.63, 3.8) is 0 Å². The molecule has 0 bridgehead atoms. The van der Waals surface area contributed by atoms with Gasteiger partial charge in [0.25, 0.3) is 0 Å². The standard InChI is InChI=1S/C21H25NO/c1-21(2,3)18-11-6-16(7-12-18)8-15-20(23)17-9-13-19(14-10-17)22(4)5/h6-15H,1-5H3. The second-order valence-electron chi connectivity index (χ2n) is 7.01. The SMILES string of the molecule is CN(C)c1ccc(C(=O)C=Cc2ccc(C(C)(C)C)cc2)cc1. The highest BCUT2D eigenvalue weighted by atomic mass is 16.1. The van der Waals surface area contributed by atoms with Gasteiger partial charge in [-0.25, -0.2) is 0 Å². The van der Waals surface area contributed by atoms with E-state index in [2.05, 4.69) is 45.0 Å². The van der Waals surface area contributed by atoms with Crippen molar-refractivity contribution in [1.82, 2.24) is 0 Å². The molecule has 0 saturated heterocycles. The maximum atomic E-state index is 12.2.